The maximum Gasteiger partial charge on any atom is 0.251 e. The molecule has 2 aromatic carbocycles. The van der Waals surface area contributed by atoms with Crippen molar-refractivity contribution < 1.29 is 13.6 Å². The summed E-state index contributed by atoms with van der Waals surface area (Å²) < 4.78 is 28.9. The second-order valence-electron chi connectivity index (χ2n) is 7.08. The summed E-state index contributed by atoms with van der Waals surface area (Å²) in [5, 5.41) is 7.36. The Bertz CT molecular complexity index is 1000. The predicted octanol–water partition coefficient (Wildman–Crippen LogP) is 4.19. The van der Waals surface area contributed by atoms with E-state index >= 15 is 0 Å². The molecule has 3 aromatic rings. The minimum absolute atomic E-state index is 0.267. The number of carbonyl (C=O) groups is 1. The summed E-state index contributed by atoms with van der Waals surface area (Å²) >= 11 is 0. The van der Waals surface area contributed by atoms with Crippen LogP contribution in [0.15, 0.2) is 48.5 Å². The van der Waals surface area contributed by atoms with E-state index in [4.69, 9.17) is 0 Å². The van der Waals surface area contributed by atoms with Gasteiger partial charge in [0.1, 0.15) is 11.6 Å². The maximum atomic E-state index is 13.5. The highest BCUT2D eigenvalue weighted by Gasteiger charge is 2.46. The van der Waals surface area contributed by atoms with Gasteiger partial charge >= 0.3 is 0 Å². The molecule has 1 aromatic heterocycles. The van der Waals surface area contributed by atoms with Crippen LogP contribution in [0, 0.1) is 25.5 Å². The number of amides is 1. The van der Waals surface area contributed by atoms with Crippen molar-refractivity contribution in [3.05, 3.63) is 82.7 Å². The number of carbonyl (C=O) groups excluding carboxylic acids is 1. The lowest BCUT2D eigenvalue weighted by atomic mass is 10.0. The second kappa shape index (κ2) is 6.30. The molecule has 27 heavy (non-hydrogen) atoms. The smallest absolute Gasteiger partial charge is 0.251 e. The molecular weight excluding hydrogens is 348 g/mol. The fourth-order valence-electron chi connectivity index (χ4n) is 3.37. The summed E-state index contributed by atoms with van der Waals surface area (Å²) in [6.45, 7) is 3.89. The molecule has 0 atom stereocenters. The Hall–Kier alpha value is -3.02. The zero-order valence-corrected chi connectivity index (χ0v) is 15.1. The summed E-state index contributed by atoms with van der Waals surface area (Å²) in [5.74, 6) is -1.54. The third kappa shape index (κ3) is 3.35. The normalized spacial score (nSPS) is 14.8. The molecular formula is C21H19F2N3O. The first-order chi connectivity index (χ1) is 12.9. The van der Waals surface area contributed by atoms with Gasteiger partial charge in [-0.2, -0.15) is 5.10 Å². The Morgan fingerprint density at radius 2 is 1.67 bits per heavy atom. The molecule has 0 spiro atoms. The molecule has 0 unspecified atom stereocenters. The van der Waals surface area contributed by atoms with Crippen LogP contribution in [0.4, 0.5) is 8.78 Å². The standard InChI is InChI=1S/C21H19F2N3O/c1-13-9-14(2)26(25-13)19-5-3-15(4-6-19)20(27)24-21(7-8-21)16-10-17(22)12-18(23)11-16/h3-6,9-12H,7-8H2,1-2H3,(H,24,27). The van der Waals surface area contributed by atoms with Crippen LogP contribution in [0.2, 0.25) is 0 Å². The van der Waals surface area contributed by atoms with E-state index in [9.17, 15) is 13.6 Å². The van der Waals surface area contributed by atoms with E-state index in [0.717, 1.165) is 23.1 Å². The Morgan fingerprint density at radius 3 is 2.19 bits per heavy atom. The maximum absolute atomic E-state index is 13.5. The van der Waals surface area contributed by atoms with Gasteiger partial charge in [0.2, 0.25) is 0 Å². The average molecular weight is 367 g/mol. The lowest BCUT2D eigenvalue weighted by Gasteiger charge is -2.18. The number of aromatic nitrogens is 2. The van der Waals surface area contributed by atoms with Gasteiger partial charge in [0.25, 0.3) is 5.91 Å². The van der Waals surface area contributed by atoms with Gasteiger partial charge in [-0.1, -0.05) is 0 Å². The molecule has 4 nitrogen and oxygen atoms in total. The van der Waals surface area contributed by atoms with Gasteiger partial charge in [-0.15, -0.1) is 0 Å². The van der Waals surface area contributed by atoms with Gasteiger partial charge in [0.15, 0.2) is 0 Å². The summed E-state index contributed by atoms with van der Waals surface area (Å²) in [5.41, 5.74) is 3.07. The topological polar surface area (TPSA) is 46.9 Å². The van der Waals surface area contributed by atoms with E-state index < -0.39 is 17.2 Å². The number of aryl methyl sites for hydroxylation is 2. The van der Waals surface area contributed by atoms with Crippen molar-refractivity contribution in [3.63, 3.8) is 0 Å². The van der Waals surface area contributed by atoms with Crippen LogP contribution < -0.4 is 5.32 Å². The van der Waals surface area contributed by atoms with Crippen LogP contribution in [0.25, 0.3) is 5.69 Å². The lowest BCUT2D eigenvalue weighted by Crippen LogP contribution is -2.35. The molecule has 0 bridgehead atoms. The number of halogens is 2. The predicted molar refractivity (Wildman–Crippen MR) is 97.8 cm³/mol. The van der Waals surface area contributed by atoms with E-state index in [-0.39, 0.29) is 5.91 Å². The molecule has 0 aliphatic heterocycles. The molecule has 4 rings (SSSR count). The van der Waals surface area contributed by atoms with Crippen LogP contribution in [-0.2, 0) is 5.54 Å². The van der Waals surface area contributed by atoms with Crippen molar-refractivity contribution in [1.82, 2.24) is 15.1 Å². The number of hydrogen-bond donors (Lipinski definition) is 1. The molecule has 1 saturated carbocycles. The average Bonchev–Trinajstić information content (AvgIpc) is 3.32. The third-order valence-corrected chi connectivity index (χ3v) is 4.90. The van der Waals surface area contributed by atoms with Crippen molar-refractivity contribution in [2.24, 2.45) is 0 Å². The molecule has 138 valence electrons. The van der Waals surface area contributed by atoms with Gasteiger partial charge in [-0.25, -0.2) is 13.5 Å². The summed E-state index contributed by atoms with van der Waals surface area (Å²) in [6, 6.07) is 12.5. The number of benzene rings is 2. The zero-order chi connectivity index (χ0) is 19.2. The molecule has 0 saturated heterocycles. The highest BCUT2D eigenvalue weighted by molar-refractivity contribution is 5.95. The minimum Gasteiger partial charge on any atom is -0.343 e. The Balaban J connectivity index is 1.54. The van der Waals surface area contributed by atoms with Crippen molar-refractivity contribution in [1.29, 1.82) is 0 Å². The number of rotatable bonds is 4. The van der Waals surface area contributed by atoms with E-state index in [2.05, 4.69) is 10.4 Å². The first-order valence-corrected chi connectivity index (χ1v) is 8.79. The fourth-order valence-corrected chi connectivity index (χ4v) is 3.37. The van der Waals surface area contributed by atoms with Crippen LogP contribution in [0.5, 0.6) is 0 Å². The van der Waals surface area contributed by atoms with Gasteiger partial charge in [0, 0.05) is 17.3 Å². The van der Waals surface area contributed by atoms with E-state index in [1.165, 1.54) is 12.1 Å². The Kier molecular flexibility index (Phi) is 4.06. The number of nitrogens with one attached hydrogen (secondary N) is 1. The van der Waals surface area contributed by atoms with E-state index in [0.29, 0.717) is 24.0 Å². The summed E-state index contributed by atoms with van der Waals surface area (Å²) in [6.07, 6.45) is 1.32. The highest BCUT2D eigenvalue weighted by Crippen LogP contribution is 2.46. The highest BCUT2D eigenvalue weighted by atomic mass is 19.1. The zero-order valence-electron chi connectivity index (χ0n) is 15.1. The van der Waals surface area contributed by atoms with Crippen LogP contribution in [0.3, 0.4) is 0 Å². The molecule has 1 amide bonds. The summed E-state index contributed by atoms with van der Waals surface area (Å²) in [4.78, 5) is 12.6. The third-order valence-electron chi connectivity index (χ3n) is 4.90. The van der Waals surface area contributed by atoms with Crippen molar-refractivity contribution in [2.75, 3.05) is 0 Å². The lowest BCUT2D eigenvalue weighted by molar-refractivity contribution is 0.0930. The van der Waals surface area contributed by atoms with Gasteiger partial charge in [0.05, 0.1) is 16.9 Å². The molecule has 0 radical (unpaired) electrons. The molecule has 1 aliphatic rings. The van der Waals surface area contributed by atoms with Crippen LogP contribution in [0.1, 0.15) is 40.2 Å². The molecule has 6 heteroatoms. The van der Waals surface area contributed by atoms with Crippen molar-refractivity contribution in [2.45, 2.75) is 32.2 Å². The monoisotopic (exact) mass is 367 g/mol. The van der Waals surface area contributed by atoms with Gasteiger partial charge in [-0.05, 0) is 74.7 Å². The summed E-state index contributed by atoms with van der Waals surface area (Å²) in [7, 11) is 0. The minimum atomic E-state index is -0.686. The van der Waals surface area contributed by atoms with E-state index in [1.807, 2.05) is 36.7 Å². The van der Waals surface area contributed by atoms with Gasteiger partial charge < -0.3 is 5.32 Å². The number of hydrogen-bond acceptors (Lipinski definition) is 2. The molecule has 1 N–H and O–H groups in total. The first kappa shape index (κ1) is 17.4. The quantitative estimate of drug-likeness (QED) is 0.752. The van der Waals surface area contributed by atoms with Gasteiger partial charge in [-0.3, -0.25) is 4.79 Å². The van der Waals surface area contributed by atoms with Crippen LogP contribution >= 0.6 is 0 Å². The number of nitrogens with zero attached hydrogens (tertiary/aromatic N) is 2. The molecule has 1 heterocycles. The SMILES string of the molecule is Cc1cc(C)n(-c2ccc(C(=O)NC3(c4cc(F)cc(F)c4)CC3)cc2)n1. The second-order valence-corrected chi connectivity index (χ2v) is 7.08. The van der Waals surface area contributed by atoms with Crippen molar-refractivity contribution >= 4 is 5.91 Å². The van der Waals surface area contributed by atoms with Crippen molar-refractivity contribution in [3.8, 4) is 5.69 Å². The largest absolute Gasteiger partial charge is 0.343 e. The Morgan fingerprint density at radius 1 is 1.04 bits per heavy atom. The first-order valence-electron chi connectivity index (χ1n) is 8.79. The fraction of sp³-hybridized carbons (Fsp3) is 0.238. The van der Waals surface area contributed by atoms with Crippen LogP contribution in [-0.4, -0.2) is 15.7 Å². The molecule has 1 aliphatic carbocycles. The Labute approximate surface area is 155 Å². The molecule has 1 fully saturated rings. The van der Waals surface area contributed by atoms with E-state index in [1.54, 1.807) is 12.1 Å².